The predicted octanol–water partition coefficient (Wildman–Crippen LogP) is 1.83. The van der Waals surface area contributed by atoms with Gasteiger partial charge in [0.15, 0.2) is 0 Å². The number of nitrogens with one attached hydrogen (secondary N) is 1. The van der Waals surface area contributed by atoms with Crippen LogP contribution in [-0.4, -0.2) is 35.3 Å². The highest BCUT2D eigenvalue weighted by molar-refractivity contribution is 9.10. The zero-order valence-corrected chi connectivity index (χ0v) is 11.1. The summed E-state index contributed by atoms with van der Waals surface area (Å²) in [4.78, 5) is 11.4. The first-order valence-electron chi connectivity index (χ1n) is 4.83. The van der Waals surface area contributed by atoms with E-state index in [-0.39, 0.29) is 16.8 Å². The molecule has 1 saturated heterocycles. The van der Waals surface area contributed by atoms with Gasteiger partial charge in [0, 0.05) is 18.5 Å². The molecule has 3 nitrogen and oxygen atoms in total. The fourth-order valence-electron chi connectivity index (χ4n) is 1.36. The molecule has 0 spiro atoms. The Morgan fingerprint density at radius 2 is 2.43 bits per heavy atom. The van der Waals surface area contributed by atoms with Gasteiger partial charge in [-0.1, -0.05) is 31.9 Å². The summed E-state index contributed by atoms with van der Waals surface area (Å²) in [5, 5.41) is 3.71. The maximum Gasteiger partial charge on any atom is 0.233 e. The quantitative estimate of drug-likeness (QED) is 0.782. The van der Waals surface area contributed by atoms with Crippen molar-refractivity contribution >= 4 is 37.8 Å². The van der Waals surface area contributed by atoms with E-state index < -0.39 is 0 Å². The second-order valence-corrected chi connectivity index (χ2v) is 5.22. The summed E-state index contributed by atoms with van der Waals surface area (Å²) in [7, 11) is 0. The molecule has 1 N–H and O–H groups in total. The Hall–Kier alpha value is 0.390. The van der Waals surface area contributed by atoms with Crippen molar-refractivity contribution in [3.63, 3.8) is 0 Å². The van der Waals surface area contributed by atoms with E-state index in [0.717, 1.165) is 31.2 Å². The van der Waals surface area contributed by atoms with Gasteiger partial charge in [0.25, 0.3) is 0 Å². The fraction of sp³-hybridized carbons (Fsp3) is 0.889. The summed E-state index contributed by atoms with van der Waals surface area (Å²) in [5.74, 6) is 0.0555. The minimum Gasteiger partial charge on any atom is -0.376 e. The SMILES string of the molecule is O=C(NCC1CCCO1)C(Br)CCBr. The van der Waals surface area contributed by atoms with Crippen LogP contribution in [-0.2, 0) is 9.53 Å². The first kappa shape index (κ1) is 12.5. The van der Waals surface area contributed by atoms with Gasteiger partial charge in [0.05, 0.1) is 10.9 Å². The predicted molar refractivity (Wildman–Crippen MR) is 63.1 cm³/mol. The lowest BCUT2D eigenvalue weighted by molar-refractivity contribution is -0.120. The molecule has 2 atom stereocenters. The van der Waals surface area contributed by atoms with Gasteiger partial charge in [0.1, 0.15) is 0 Å². The van der Waals surface area contributed by atoms with E-state index in [1.807, 2.05) is 0 Å². The average Bonchev–Trinajstić information content (AvgIpc) is 2.67. The van der Waals surface area contributed by atoms with Gasteiger partial charge in [0.2, 0.25) is 5.91 Å². The number of halogens is 2. The Morgan fingerprint density at radius 1 is 1.64 bits per heavy atom. The molecule has 1 amide bonds. The lowest BCUT2D eigenvalue weighted by atomic mass is 10.2. The second-order valence-electron chi connectivity index (χ2n) is 3.33. The largest absolute Gasteiger partial charge is 0.376 e. The van der Waals surface area contributed by atoms with Gasteiger partial charge < -0.3 is 10.1 Å². The van der Waals surface area contributed by atoms with E-state index in [1.54, 1.807) is 0 Å². The molecular formula is C9H15Br2NO2. The summed E-state index contributed by atoms with van der Waals surface area (Å²) in [6, 6.07) is 0. The van der Waals surface area contributed by atoms with Crippen molar-refractivity contribution in [1.29, 1.82) is 0 Å². The molecule has 2 unspecified atom stereocenters. The minimum absolute atomic E-state index is 0.0555. The van der Waals surface area contributed by atoms with E-state index in [4.69, 9.17) is 4.74 Å². The normalized spacial score (nSPS) is 23.4. The molecule has 82 valence electrons. The number of carbonyl (C=O) groups excluding carboxylic acids is 1. The van der Waals surface area contributed by atoms with Crippen molar-refractivity contribution in [2.24, 2.45) is 0 Å². The summed E-state index contributed by atoms with van der Waals surface area (Å²) in [6.45, 7) is 1.48. The molecule has 0 saturated carbocycles. The van der Waals surface area contributed by atoms with E-state index in [2.05, 4.69) is 37.2 Å². The number of carbonyl (C=O) groups is 1. The van der Waals surface area contributed by atoms with Crippen molar-refractivity contribution < 1.29 is 9.53 Å². The minimum atomic E-state index is -0.0942. The summed E-state index contributed by atoms with van der Waals surface area (Å²) < 4.78 is 5.40. The van der Waals surface area contributed by atoms with Gasteiger partial charge in [-0.25, -0.2) is 0 Å². The lowest BCUT2D eigenvalue weighted by Gasteiger charge is -2.13. The molecule has 0 aromatic carbocycles. The summed E-state index contributed by atoms with van der Waals surface area (Å²) in [6.07, 6.45) is 3.20. The van der Waals surface area contributed by atoms with Crippen LogP contribution in [0.3, 0.4) is 0 Å². The Balaban J connectivity index is 2.13. The standard InChI is InChI=1S/C9H15Br2NO2/c10-4-3-8(11)9(13)12-6-7-2-1-5-14-7/h7-8H,1-6H2,(H,12,13). The third-order valence-corrected chi connectivity index (χ3v) is 3.51. The first-order valence-corrected chi connectivity index (χ1v) is 6.87. The lowest BCUT2D eigenvalue weighted by Crippen LogP contribution is -2.36. The third-order valence-electron chi connectivity index (χ3n) is 2.18. The maximum atomic E-state index is 11.5. The molecule has 0 radical (unpaired) electrons. The van der Waals surface area contributed by atoms with E-state index in [0.29, 0.717) is 6.54 Å². The molecule has 0 aliphatic carbocycles. The number of amides is 1. The van der Waals surface area contributed by atoms with E-state index in [1.165, 1.54) is 0 Å². The topological polar surface area (TPSA) is 38.3 Å². The number of ether oxygens (including phenoxy) is 1. The van der Waals surface area contributed by atoms with Crippen molar-refractivity contribution in [3.05, 3.63) is 0 Å². The Morgan fingerprint density at radius 3 is 3.00 bits per heavy atom. The van der Waals surface area contributed by atoms with E-state index >= 15 is 0 Å². The molecule has 1 fully saturated rings. The zero-order valence-electron chi connectivity index (χ0n) is 7.97. The average molecular weight is 329 g/mol. The maximum absolute atomic E-state index is 11.5. The fourth-order valence-corrected chi connectivity index (χ4v) is 2.82. The molecule has 5 heteroatoms. The first-order chi connectivity index (χ1) is 6.74. The monoisotopic (exact) mass is 327 g/mol. The molecule has 0 aromatic heterocycles. The number of rotatable bonds is 5. The van der Waals surface area contributed by atoms with Crippen LogP contribution in [0.5, 0.6) is 0 Å². The van der Waals surface area contributed by atoms with Gasteiger partial charge in [-0.15, -0.1) is 0 Å². The highest BCUT2D eigenvalue weighted by Crippen LogP contribution is 2.11. The molecule has 0 bridgehead atoms. The van der Waals surface area contributed by atoms with Gasteiger partial charge in [-0.05, 0) is 19.3 Å². The molecule has 1 aliphatic heterocycles. The smallest absolute Gasteiger partial charge is 0.233 e. The van der Waals surface area contributed by atoms with Gasteiger partial charge in [-0.3, -0.25) is 4.79 Å². The van der Waals surface area contributed by atoms with Crippen molar-refractivity contribution in [2.45, 2.75) is 30.2 Å². The molecule has 1 rings (SSSR count). The summed E-state index contributed by atoms with van der Waals surface area (Å²) >= 11 is 6.63. The molecule has 1 heterocycles. The number of hydrogen-bond acceptors (Lipinski definition) is 2. The summed E-state index contributed by atoms with van der Waals surface area (Å²) in [5.41, 5.74) is 0. The van der Waals surface area contributed by atoms with Crippen LogP contribution in [0.2, 0.25) is 0 Å². The van der Waals surface area contributed by atoms with Gasteiger partial charge >= 0.3 is 0 Å². The highest BCUT2D eigenvalue weighted by Gasteiger charge is 2.18. The Kier molecular flexibility index (Phi) is 6.05. The molecular weight excluding hydrogens is 314 g/mol. The Labute approximate surface area is 101 Å². The highest BCUT2D eigenvalue weighted by atomic mass is 79.9. The van der Waals surface area contributed by atoms with Crippen LogP contribution in [0.1, 0.15) is 19.3 Å². The van der Waals surface area contributed by atoms with Crippen molar-refractivity contribution in [2.75, 3.05) is 18.5 Å². The molecule has 0 aromatic rings. The second kappa shape index (κ2) is 6.80. The van der Waals surface area contributed by atoms with Crippen LogP contribution in [0.25, 0.3) is 0 Å². The van der Waals surface area contributed by atoms with Crippen molar-refractivity contribution in [1.82, 2.24) is 5.32 Å². The van der Waals surface area contributed by atoms with Crippen LogP contribution in [0.15, 0.2) is 0 Å². The zero-order chi connectivity index (χ0) is 10.4. The van der Waals surface area contributed by atoms with Gasteiger partial charge in [-0.2, -0.15) is 0 Å². The Bertz CT molecular complexity index is 184. The third kappa shape index (κ3) is 4.28. The van der Waals surface area contributed by atoms with Crippen LogP contribution in [0, 0.1) is 0 Å². The number of hydrogen-bond donors (Lipinski definition) is 1. The molecule has 1 aliphatic rings. The van der Waals surface area contributed by atoms with Crippen molar-refractivity contribution in [3.8, 4) is 0 Å². The number of alkyl halides is 2. The van der Waals surface area contributed by atoms with Crippen LogP contribution >= 0.6 is 31.9 Å². The van der Waals surface area contributed by atoms with Crippen LogP contribution in [0.4, 0.5) is 0 Å². The van der Waals surface area contributed by atoms with Crippen LogP contribution < -0.4 is 5.32 Å². The van der Waals surface area contributed by atoms with E-state index in [9.17, 15) is 4.79 Å². The molecule has 14 heavy (non-hydrogen) atoms.